The number of nitrogens with zero attached hydrogens (tertiary/aromatic N) is 3. The average Bonchev–Trinajstić information content (AvgIpc) is 3.56. The molecule has 0 saturated carbocycles. The molecule has 2 aliphatic heterocycles. The molecular formula is C27H21FN4O4. The van der Waals surface area contributed by atoms with Crippen LogP contribution in [0.3, 0.4) is 0 Å². The molecule has 0 spiro atoms. The van der Waals surface area contributed by atoms with E-state index >= 15 is 0 Å². The van der Waals surface area contributed by atoms with Crippen LogP contribution in [-0.4, -0.2) is 27.9 Å². The molecule has 2 aliphatic rings. The van der Waals surface area contributed by atoms with Crippen molar-refractivity contribution in [1.82, 2.24) is 20.4 Å². The molecule has 1 unspecified atom stereocenters. The topological polar surface area (TPSA) is 89.7 Å². The number of hydrogen-bond acceptors (Lipinski definition) is 6. The lowest BCUT2D eigenvalue weighted by molar-refractivity contribution is 0.174. The lowest BCUT2D eigenvalue weighted by Crippen LogP contribution is -2.45. The third kappa shape index (κ3) is 3.94. The first-order chi connectivity index (χ1) is 17.6. The smallest absolute Gasteiger partial charge is 0.322 e. The standard InChI is InChI=1S/C27H21FN4O4/c1-16-23(26-30-25(31-36-26)18-6-3-2-4-7-18)24(19-8-5-9-20(28)13-19)29-27(33)32(16)14-17-10-11-21-22(12-17)35-15-34-21/h2-13,24H,14-15H2,1H3,(H,29,33). The zero-order valence-corrected chi connectivity index (χ0v) is 19.3. The molecule has 3 aromatic carbocycles. The van der Waals surface area contributed by atoms with Crippen LogP contribution in [0.2, 0.25) is 0 Å². The summed E-state index contributed by atoms with van der Waals surface area (Å²) in [6.45, 7) is 2.26. The number of aromatic nitrogens is 2. The van der Waals surface area contributed by atoms with Gasteiger partial charge in [0.15, 0.2) is 11.5 Å². The fourth-order valence-electron chi connectivity index (χ4n) is 4.44. The van der Waals surface area contributed by atoms with E-state index in [0.29, 0.717) is 34.2 Å². The summed E-state index contributed by atoms with van der Waals surface area (Å²) in [6, 6.07) is 20.1. The number of carbonyl (C=O) groups excluding carboxylic acids is 1. The summed E-state index contributed by atoms with van der Waals surface area (Å²) < 4.78 is 30.7. The molecule has 2 amide bonds. The zero-order valence-electron chi connectivity index (χ0n) is 19.3. The van der Waals surface area contributed by atoms with E-state index in [1.54, 1.807) is 17.0 Å². The molecule has 8 nitrogen and oxygen atoms in total. The number of ether oxygens (including phenoxy) is 2. The van der Waals surface area contributed by atoms with Gasteiger partial charge in [-0.1, -0.05) is 53.7 Å². The fourth-order valence-corrected chi connectivity index (χ4v) is 4.44. The molecule has 0 radical (unpaired) electrons. The zero-order chi connectivity index (χ0) is 24.6. The fraction of sp³-hybridized carbons (Fsp3) is 0.148. The highest BCUT2D eigenvalue weighted by Gasteiger charge is 2.36. The van der Waals surface area contributed by atoms with Crippen molar-refractivity contribution in [2.45, 2.75) is 19.5 Å². The second-order valence-corrected chi connectivity index (χ2v) is 8.50. The second kappa shape index (κ2) is 8.84. The number of urea groups is 1. The first-order valence-corrected chi connectivity index (χ1v) is 11.4. The molecule has 9 heteroatoms. The Hall–Kier alpha value is -4.66. The molecule has 1 atom stereocenters. The lowest BCUT2D eigenvalue weighted by Gasteiger charge is -2.35. The normalized spacial score (nSPS) is 16.9. The van der Waals surface area contributed by atoms with Crippen LogP contribution >= 0.6 is 0 Å². The molecule has 6 rings (SSSR count). The van der Waals surface area contributed by atoms with Crippen molar-refractivity contribution in [1.29, 1.82) is 0 Å². The molecule has 0 saturated heterocycles. The quantitative estimate of drug-likeness (QED) is 0.413. The van der Waals surface area contributed by atoms with Gasteiger partial charge in [0, 0.05) is 11.3 Å². The van der Waals surface area contributed by atoms with Gasteiger partial charge in [0.05, 0.1) is 18.2 Å². The number of halogens is 1. The van der Waals surface area contributed by atoms with E-state index in [9.17, 15) is 9.18 Å². The SMILES string of the molecule is CC1=C(c2nc(-c3ccccc3)no2)C(c2cccc(F)c2)NC(=O)N1Cc1ccc2c(c1)OCO2. The van der Waals surface area contributed by atoms with Crippen LogP contribution in [0.15, 0.2) is 83.0 Å². The predicted octanol–water partition coefficient (Wildman–Crippen LogP) is 5.30. The Morgan fingerprint density at radius 3 is 2.69 bits per heavy atom. The van der Waals surface area contributed by atoms with E-state index in [4.69, 9.17) is 14.0 Å². The largest absolute Gasteiger partial charge is 0.454 e. The first-order valence-electron chi connectivity index (χ1n) is 11.4. The highest BCUT2D eigenvalue weighted by molar-refractivity contribution is 5.87. The number of allylic oxidation sites excluding steroid dienone is 1. The van der Waals surface area contributed by atoms with Gasteiger partial charge in [0.1, 0.15) is 5.82 Å². The van der Waals surface area contributed by atoms with Crippen molar-refractivity contribution in [3.63, 3.8) is 0 Å². The van der Waals surface area contributed by atoms with Gasteiger partial charge in [-0.25, -0.2) is 9.18 Å². The van der Waals surface area contributed by atoms with Crippen LogP contribution in [-0.2, 0) is 6.54 Å². The molecule has 0 fully saturated rings. The molecule has 0 aliphatic carbocycles. The van der Waals surface area contributed by atoms with Crippen LogP contribution < -0.4 is 14.8 Å². The van der Waals surface area contributed by atoms with E-state index in [0.717, 1.165) is 11.1 Å². The van der Waals surface area contributed by atoms with Gasteiger partial charge in [-0.3, -0.25) is 4.90 Å². The Kier molecular flexibility index (Phi) is 5.37. The van der Waals surface area contributed by atoms with Crippen molar-refractivity contribution in [3.8, 4) is 22.9 Å². The summed E-state index contributed by atoms with van der Waals surface area (Å²) in [5.74, 6) is 1.56. The minimum Gasteiger partial charge on any atom is -0.454 e. The number of fused-ring (bicyclic) bond motifs is 1. The number of carbonyl (C=O) groups is 1. The number of nitrogens with one attached hydrogen (secondary N) is 1. The van der Waals surface area contributed by atoms with E-state index in [-0.39, 0.29) is 25.3 Å². The Morgan fingerprint density at radius 2 is 1.86 bits per heavy atom. The molecular weight excluding hydrogens is 463 g/mol. The molecule has 4 aromatic rings. The van der Waals surface area contributed by atoms with Gasteiger partial charge in [0.2, 0.25) is 12.6 Å². The van der Waals surface area contributed by atoms with Crippen molar-refractivity contribution in [2.75, 3.05) is 6.79 Å². The molecule has 180 valence electrons. The lowest BCUT2D eigenvalue weighted by atomic mass is 9.94. The van der Waals surface area contributed by atoms with Crippen molar-refractivity contribution >= 4 is 11.6 Å². The van der Waals surface area contributed by atoms with E-state index < -0.39 is 11.9 Å². The summed E-state index contributed by atoms with van der Waals surface area (Å²) in [4.78, 5) is 19.5. The Bertz CT molecular complexity index is 1480. The predicted molar refractivity (Wildman–Crippen MR) is 128 cm³/mol. The third-order valence-electron chi connectivity index (χ3n) is 6.24. The van der Waals surface area contributed by atoms with Crippen LogP contribution in [0.5, 0.6) is 11.5 Å². The summed E-state index contributed by atoms with van der Waals surface area (Å²) >= 11 is 0. The van der Waals surface area contributed by atoms with Crippen LogP contribution in [0.25, 0.3) is 17.0 Å². The second-order valence-electron chi connectivity index (χ2n) is 8.50. The van der Waals surface area contributed by atoms with E-state index in [2.05, 4.69) is 15.5 Å². The van der Waals surface area contributed by atoms with E-state index in [1.165, 1.54) is 12.1 Å². The van der Waals surface area contributed by atoms with Gasteiger partial charge in [-0.2, -0.15) is 4.98 Å². The maximum Gasteiger partial charge on any atom is 0.322 e. The Labute approximate surface area is 206 Å². The van der Waals surface area contributed by atoms with E-state index in [1.807, 2.05) is 55.5 Å². The number of hydrogen-bond donors (Lipinski definition) is 1. The Balaban J connectivity index is 1.42. The highest BCUT2D eigenvalue weighted by atomic mass is 19.1. The maximum atomic E-state index is 14.1. The van der Waals surface area contributed by atoms with Gasteiger partial charge in [0.25, 0.3) is 5.89 Å². The average molecular weight is 484 g/mol. The molecule has 36 heavy (non-hydrogen) atoms. The van der Waals surface area contributed by atoms with Crippen molar-refractivity contribution < 1.29 is 23.2 Å². The van der Waals surface area contributed by atoms with Gasteiger partial charge in [-0.15, -0.1) is 0 Å². The van der Waals surface area contributed by atoms with Crippen molar-refractivity contribution in [3.05, 3.63) is 101 Å². The maximum absolute atomic E-state index is 14.1. The number of amides is 2. The molecule has 3 heterocycles. The van der Waals surface area contributed by atoms with Gasteiger partial charge in [-0.05, 0) is 42.3 Å². The molecule has 1 aromatic heterocycles. The monoisotopic (exact) mass is 484 g/mol. The summed E-state index contributed by atoms with van der Waals surface area (Å²) in [7, 11) is 0. The Morgan fingerprint density at radius 1 is 1.03 bits per heavy atom. The summed E-state index contributed by atoms with van der Waals surface area (Å²) in [5.41, 5.74) is 3.43. The van der Waals surface area contributed by atoms with Crippen LogP contribution in [0.4, 0.5) is 9.18 Å². The summed E-state index contributed by atoms with van der Waals surface area (Å²) in [6.07, 6.45) is 0. The van der Waals surface area contributed by atoms with Crippen LogP contribution in [0.1, 0.15) is 30.0 Å². The highest BCUT2D eigenvalue weighted by Crippen LogP contribution is 2.39. The minimum absolute atomic E-state index is 0.169. The number of benzene rings is 3. The van der Waals surface area contributed by atoms with Crippen molar-refractivity contribution in [2.24, 2.45) is 0 Å². The number of rotatable bonds is 5. The first kappa shape index (κ1) is 21.8. The van der Waals surface area contributed by atoms with Gasteiger partial charge >= 0.3 is 6.03 Å². The molecule has 0 bridgehead atoms. The van der Waals surface area contributed by atoms with Crippen LogP contribution in [0, 0.1) is 5.82 Å². The van der Waals surface area contributed by atoms with Gasteiger partial charge < -0.3 is 19.3 Å². The summed E-state index contributed by atoms with van der Waals surface area (Å²) in [5, 5.41) is 7.14. The molecule has 1 N–H and O–H groups in total. The minimum atomic E-state index is -0.676. The third-order valence-corrected chi connectivity index (χ3v) is 6.24.